The van der Waals surface area contributed by atoms with Crippen LogP contribution in [0.3, 0.4) is 0 Å². The molecular weight excluding hydrogens is 763 g/mol. The van der Waals surface area contributed by atoms with E-state index < -0.39 is 29.2 Å². The van der Waals surface area contributed by atoms with E-state index >= 15 is 0 Å². The van der Waals surface area contributed by atoms with Crippen molar-refractivity contribution in [2.75, 3.05) is 31.6 Å². The summed E-state index contributed by atoms with van der Waals surface area (Å²) in [5, 5.41) is 15.2. The average molecular weight is 815 g/mol. The van der Waals surface area contributed by atoms with Gasteiger partial charge < -0.3 is 40.5 Å². The van der Waals surface area contributed by atoms with Gasteiger partial charge in [-0.3, -0.25) is 14.7 Å². The third-order valence-electron chi connectivity index (χ3n) is 13.5. The van der Waals surface area contributed by atoms with Crippen LogP contribution in [0.2, 0.25) is 0 Å². The van der Waals surface area contributed by atoms with Crippen molar-refractivity contribution in [1.82, 2.24) is 15.3 Å². The summed E-state index contributed by atoms with van der Waals surface area (Å²) in [7, 11) is 1.91. The van der Waals surface area contributed by atoms with E-state index in [1.54, 1.807) is 13.0 Å². The molecule has 6 atom stereocenters. The number of epoxide rings is 1. The second-order valence-corrected chi connectivity index (χ2v) is 18.0. The first kappa shape index (κ1) is 38.6. The molecule has 2 saturated heterocycles. The molecule has 1 aliphatic carbocycles. The van der Waals surface area contributed by atoms with Gasteiger partial charge >= 0.3 is 5.97 Å². The number of esters is 1. The first-order chi connectivity index (χ1) is 28.8. The number of anilines is 2. The van der Waals surface area contributed by atoms with Gasteiger partial charge in [-0.05, 0) is 121 Å². The number of phenolic OH excluding ortho intramolecular Hbond substituents is 1. The van der Waals surface area contributed by atoms with Gasteiger partial charge in [0.2, 0.25) is 0 Å². The third kappa shape index (κ3) is 6.47. The van der Waals surface area contributed by atoms with E-state index in [-0.39, 0.29) is 34.2 Å². The lowest BCUT2D eigenvalue weighted by atomic mass is 9.75. The minimum absolute atomic E-state index is 0.0926. The summed E-state index contributed by atoms with van der Waals surface area (Å²) >= 11 is 0. The molecule has 0 bridgehead atoms. The summed E-state index contributed by atoms with van der Waals surface area (Å²) in [6.07, 6.45) is 10.4. The summed E-state index contributed by atoms with van der Waals surface area (Å²) in [6, 6.07) is 7.15. The van der Waals surface area contributed by atoms with Crippen molar-refractivity contribution < 1.29 is 33.4 Å². The van der Waals surface area contributed by atoms with Crippen LogP contribution in [0, 0.1) is 12.8 Å². The smallest absolute Gasteiger partial charge is 0.341 e. The maximum Gasteiger partial charge on any atom is 0.341 e. The van der Waals surface area contributed by atoms with Gasteiger partial charge in [-0.15, -0.1) is 0 Å². The second-order valence-electron chi connectivity index (χ2n) is 18.0. The lowest BCUT2D eigenvalue weighted by Crippen LogP contribution is -3.04. The topological polar surface area (TPSA) is 205 Å². The lowest BCUT2D eigenvalue weighted by molar-refractivity contribution is -0.852. The standard InChI is InChI=1S/C46H51N7O7/c1-23-14-33(54)39-34(57-23)18-35-38(41(39)55)31-15-24(19-49-4)10-12-46(44(56)58-42(31)45(2,3)59-35)36(60-46)9-8-25-16-37(47)52-40-28(25)6-5-7-29-30(40)17-27(51-43(29)48)21-53-20-26-11-13-50-32(26)22-53/h11,13-14,16-18,22,24,31,36,42,49,55H,5-10,12,15,19-21H2,1-4H3,(H2,47,52)(H2,48,51)/p+1. The highest BCUT2D eigenvalue weighted by Gasteiger charge is 2.65. The quantitative estimate of drug-likeness (QED) is 0.132. The highest BCUT2D eigenvalue weighted by Crippen LogP contribution is 2.54. The van der Waals surface area contributed by atoms with Gasteiger partial charge in [-0.25, -0.2) is 14.8 Å². The highest BCUT2D eigenvalue weighted by atomic mass is 16.7. The van der Waals surface area contributed by atoms with Gasteiger partial charge in [0.1, 0.15) is 76.6 Å². The van der Waals surface area contributed by atoms with E-state index in [4.69, 9.17) is 40.1 Å². The van der Waals surface area contributed by atoms with Gasteiger partial charge in [0, 0.05) is 46.5 Å². The van der Waals surface area contributed by atoms with E-state index in [2.05, 4.69) is 28.7 Å². The number of nitrogens with two attached hydrogens (primary N) is 2. The molecule has 0 saturated carbocycles. The van der Waals surface area contributed by atoms with Gasteiger partial charge in [-0.2, -0.15) is 0 Å². The fourth-order valence-electron chi connectivity index (χ4n) is 10.7. The number of nitrogens with one attached hydrogen (secondary N) is 2. The number of rotatable bonds is 7. The summed E-state index contributed by atoms with van der Waals surface area (Å²) in [5.41, 5.74) is 19.7. The predicted molar refractivity (Wildman–Crippen MR) is 226 cm³/mol. The van der Waals surface area contributed by atoms with Crippen molar-refractivity contribution in [2.45, 2.75) is 108 Å². The number of aliphatic imine (C=N–C) groups is 1. The van der Waals surface area contributed by atoms with Crippen LogP contribution in [0.1, 0.15) is 85.6 Å². The van der Waals surface area contributed by atoms with Gasteiger partial charge in [0.25, 0.3) is 0 Å². The van der Waals surface area contributed by atoms with Crippen molar-refractivity contribution in [1.29, 1.82) is 0 Å². The van der Waals surface area contributed by atoms with E-state index in [1.165, 1.54) is 16.5 Å². The number of quaternary nitrogens is 1. The summed E-state index contributed by atoms with van der Waals surface area (Å²) in [5.74, 6) is 0.848. The van der Waals surface area contributed by atoms with E-state index in [0.29, 0.717) is 73.9 Å². The minimum atomic E-state index is -1.12. The van der Waals surface area contributed by atoms with Crippen molar-refractivity contribution in [2.24, 2.45) is 10.9 Å². The van der Waals surface area contributed by atoms with E-state index in [1.807, 2.05) is 33.2 Å². The van der Waals surface area contributed by atoms with Gasteiger partial charge in [0.15, 0.2) is 11.0 Å². The lowest BCUT2D eigenvalue weighted by Gasteiger charge is -2.45. The number of benzene rings is 1. The largest absolute Gasteiger partial charge is 0.507 e. The Hall–Kier alpha value is -5.57. The molecule has 8 heterocycles. The number of fused-ring (bicyclic) bond motifs is 8. The SMILES string of the molecule is CNCC1CCC2(OC2CCc2cc(N)nc3c2CCCc2c-3cc(C[NH+]3C=C4N=CC=C4C3)nc2N)C(=O)OC2C(C1)c1c(cc3oc(C)cc(=O)c3c1O)OC2(C)C. The highest BCUT2D eigenvalue weighted by molar-refractivity contribution is 5.88. The number of phenols is 1. The number of nitrogens with zero attached hydrogens (tertiary/aromatic N) is 3. The molecule has 1 spiro atoms. The van der Waals surface area contributed by atoms with Crippen LogP contribution in [-0.4, -0.2) is 70.8 Å². The molecule has 10 rings (SSSR count). The van der Waals surface area contributed by atoms with Crippen LogP contribution in [0.5, 0.6) is 11.5 Å². The maximum atomic E-state index is 14.5. The molecule has 2 fully saturated rings. The number of carbonyl (C=O) groups excluding carboxylic acids is 1. The zero-order valence-corrected chi connectivity index (χ0v) is 34.5. The average Bonchev–Trinajstić information content (AvgIpc) is 3.58. The van der Waals surface area contributed by atoms with Crippen LogP contribution < -0.4 is 31.8 Å². The zero-order valence-electron chi connectivity index (χ0n) is 34.5. The van der Waals surface area contributed by atoms with E-state index in [0.717, 1.165) is 65.1 Å². The van der Waals surface area contributed by atoms with Crippen LogP contribution in [0.15, 0.2) is 62.0 Å². The number of ether oxygens (including phenoxy) is 3. The van der Waals surface area contributed by atoms with Crippen LogP contribution in [0.4, 0.5) is 11.6 Å². The number of aromatic hydroxyl groups is 1. The van der Waals surface area contributed by atoms with Crippen molar-refractivity contribution in [3.05, 3.63) is 91.7 Å². The molecule has 312 valence electrons. The molecule has 0 amide bonds. The Bertz CT molecular complexity index is 2630. The van der Waals surface area contributed by atoms with Crippen LogP contribution in [-0.2, 0) is 40.1 Å². The Balaban J connectivity index is 0.927. The molecule has 7 N–H and O–H groups in total. The predicted octanol–water partition coefficient (Wildman–Crippen LogP) is 4.12. The molecule has 5 aliphatic heterocycles. The van der Waals surface area contributed by atoms with E-state index in [9.17, 15) is 14.7 Å². The van der Waals surface area contributed by atoms with Crippen LogP contribution in [0.25, 0.3) is 22.2 Å². The molecule has 14 heteroatoms. The zero-order chi connectivity index (χ0) is 41.7. The number of aromatic nitrogens is 2. The number of pyridine rings is 2. The summed E-state index contributed by atoms with van der Waals surface area (Å²) < 4.78 is 25.4. The van der Waals surface area contributed by atoms with Gasteiger partial charge in [0.05, 0.1) is 17.5 Å². The minimum Gasteiger partial charge on any atom is -0.507 e. The first-order valence-corrected chi connectivity index (χ1v) is 21.2. The number of nitrogen functional groups attached to an aromatic ring is 2. The number of carbonyl (C=O) groups is 1. The maximum absolute atomic E-state index is 14.5. The van der Waals surface area contributed by atoms with Crippen molar-refractivity contribution >= 4 is 34.8 Å². The third-order valence-corrected chi connectivity index (χ3v) is 13.5. The number of hydrogen-bond donors (Lipinski definition) is 5. The first-order valence-electron chi connectivity index (χ1n) is 21.2. The fourth-order valence-corrected chi connectivity index (χ4v) is 10.7. The Kier molecular flexibility index (Phi) is 9.19. The molecule has 0 radical (unpaired) electrons. The Morgan fingerprint density at radius 3 is 2.73 bits per heavy atom. The summed E-state index contributed by atoms with van der Waals surface area (Å²) in [4.78, 5) is 43.2. The Labute approximate surface area is 347 Å². The Morgan fingerprint density at radius 2 is 1.92 bits per heavy atom. The fraction of sp³-hybridized carbons (Fsp3) is 0.457. The second kappa shape index (κ2) is 14.3. The monoisotopic (exact) mass is 814 g/mol. The summed E-state index contributed by atoms with van der Waals surface area (Å²) in [6.45, 7) is 7.70. The molecule has 6 unspecified atom stereocenters. The molecule has 60 heavy (non-hydrogen) atoms. The molecule has 1 aromatic carbocycles. The Morgan fingerprint density at radius 1 is 1.08 bits per heavy atom. The molecule has 4 aromatic rings. The van der Waals surface area contributed by atoms with Crippen molar-refractivity contribution in [3.8, 4) is 22.8 Å². The number of allylic oxidation sites excluding steroid dienone is 1. The molecule has 14 nitrogen and oxygen atoms in total. The normalized spacial score (nSPS) is 27.2. The molecule has 3 aromatic heterocycles. The molecule has 6 aliphatic rings. The number of hydrogen-bond acceptors (Lipinski definition) is 13. The van der Waals surface area contributed by atoms with Gasteiger partial charge in [-0.1, -0.05) is 0 Å². The number of aryl methyl sites for hydroxylation is 2. The van der Waals surface area contributed by atoms with Crippen molar-refractivity contribution in [3.63, 3.8) is 0 Å². The van der Waals surface area contributed by atoms with Crippen LogP contribution >= 0.6 is 0 Å². The molecular formula is C46H52N7O7+.